The Bertz CT molecular complexity index is 576. The summed E-state index contributed by atoms with van der Waals surface area (Å²) < 4.78 is 5.60. The zero-order valence-electron chi connectivity index (χ0n) is 13.3. The molecule has 0 bridgehead atoms. The van der Waals surface area contributed by atoms with E-state index in [1.807, 2.05) is 0 Å². The first-order chi connectivity index (χ1) is 11.0. The van der Waals surface area contributed by atoms with E-state index < -0.39 is 0 Å². The van der Waals surface area contributed by atoms with Gasteiger partial charge in [0.25, 0.3) is 5.69 Å². The van der Waals surface area contributed by atoms with Gasteiger partial charge in [0.15, 0.2) is 0 Å². The van der Waals surface area contributed by atoms with E-state index >= 15 is 0 Å². The van der Waals surface area contributed by atoms with Gasteiger partial charge in [-0.2, -0.15) is 0 Å². The molecule has 1 aromatic carbocycles. The molecule has 2 saturated heterocycles. The minimum atomic E-state index is -0.350. The molecule has 1 unspecified atom stereocenters. The maximum Gasteiger partial charge on any atom is 0.294 e. The maximum absolute atomic E-state index is 11.3. The topological polar surface area (TPSA) is 58.9 Å². The normalized spacial score (nSPS) is 23.9. The maximum atomic E-state index is 11.3. The number of anilines is 1. The average molecular weight is 340 g/mol. The number of hydrogen-bond donors (Lipinski definition) is 0. The van der Waals surface area contributed by atoms with Crippen LogP contribution in [0.1, 0.15) is 19.8 Å². The van der Waals surface area contributed by atoms with E-state index in [4.69, 9.17) is 16.3 Å². The summed E-state index contributed by atoms with van der Waals surface area (Å²) in [5, 5.41) is 11.7. The Morgan fingerprint density at radius 3 is 2.70 bits per heavy atom. The molecule has 3 rings (SSSR count). The van der Waals surface area contributed by atoms with E-state index in [0.717, 1.165) is 45.6 Å². The minimum absolute atomic E-state index is 0.0935. The molecule has 2 heterocycles. The highest BCUT2D eigenvalue weighted by atomic mass is 35.5. The van der Waals surface area contributed by atoms with Gasteiger partial charge in [-0.15, -0.1) is 0 Å². The number of nitro benzene ring substituents is 1. The Balaban J connectivity index is 1.66. The van der Waals surface area contributed by atoms with Crippen LogP contribution in [0.3, 0.4) is 0 Å². The van der Waals surface area contributed by atoms with Crippen LogP contribution in [0.15, 0.2) is 18.2 Å². The molecule has 0 N–H and O–H groups in total. The second kappa shape index (κ2) is 7.03. The largest absolute Gasteiger partial charge is 0.376 e. The first-order valence-corrected chi connectivity index (χ1v) is 8.47. The Labute approximate surface area is 141 Å². The van der Waals surface area contributed by atoms with Crippen LogP contribution in [0.4, 0.5) is 11.4 Å². The summed E-state index contributed by atoms with van der Waals surface area (Å²) in [7, 11) is 0. The predicted molar refractivity (Wildman–Crippen MR) is 90.3 cm³/mol. The van der Waals surface area contributed by atoms with Crippen LogP contribution in [0, 0.1) is 10.1 Å². The SMILES string of the molecule is CC1CN(C2CCN(c3ccc(Cl)cc3[N+](=O)[O-])CC2)CCO1. The third-order valence-electron chi connectivity index (χ3n) is 4.73. The molecular formula is C16H22ClN3O3. The summed E-state index contributed by atoms with van der Waals surface area (Å²) in [6.07, 6.45) is 2.33. The second-order valence-electron chi connectivity index (χ2n) is 6.28. The van der Waals surface area contributed by atoms with Crippen LogP contribution in [-0.2, 0) is 4.74 Å². The molecule has 2 fully saturated rings. The number of nitrogens with zero attached hydrogens (tertiary/aromatic N) is 3. The number of benzene rings is 1. The summed E-state index contributed by atoms with van der Waals surface area (Å²) in [4.78, 5) is 15.5. The van der Waals surface area contributed by atoms with Gasteiger partial charge < -0.3 is 9.64 Å². The van der Waals surface area contributed by atoms with Gasteiger partial charge in [-0.25, -0.2) is 0 Å². The molecule has 1 atom stereocenters. The van der Waals surface area contributed by atoms with Crippen molar-refractivity contribution < 1.29 is 9.66 Å². The fourth-order valence-electron chi connectivity index (χ4n) is 3.56. The van der Waals surface area contributed by atoms with Crippen molar-refractivity contribution in [3.05, 3.63) is 33.3 Å². The van der Waals surface area contributed by atoms with Gasteiger partial charge >= 0.3 is 0 Å². The summed E-state index contributed by atoms with van der Waals surface area (Å²) >= 11 is 5.90. The van der Waals surface area contributed by atoms with E-state index in [1.165, 1.54) is 6.07 Å². The van der Waals surface area contributed by atoms with Crippen molar-refractivity contribution in [3.63, 3.8) is 0 Å². The Hall–Kier alpha value is -1.37. The molecule has 0 aliphatic carbocycles. The number of nitro groups is 1. The summed E-state index contributed by atoms with van der Waals surface area (Å²) in [6, 6.07) is 5.47. The van der Waals surface area contributed by atoms with Crippen LogP contribution in [0.2, 0.25) is 5.02 Å². The lowest BCUT2D eigenvalue weighted by Crippen LogP contribution is -2.51. The predicted octanol–water partition coefficient (Wildman–Crippen LogP) is 2.94. The molecule has 7 heteroatoms. The number of rotatable bonds is 3. The fourth-order valence-corrected chi connectivity index (χ4v) is 3.73. The number of hydrogen-bond acceptors (Lipinski definition) is 5. The molecule has 126 valence electrons. The minimum Gasteiger partial charge on any atom is -0.376 e. The lowest BCUT2D eigenvalue weighted by molar-refractivity contribution is -0.384. The van der Waals surface area contributed by atoms with Crippen LogP contribution in [0.25, 0.3) is 0 Å². The van der Waals surface area contributed by atoms with E-state index in [1.54, 1.807) is 12.1 Å². The summed E-state index contributed by atoms with van der Waals surface area (Å²) in [6.45, 7) is 6.53. The van der Waals surface area contributed by atoms with Crippen LogP contribution in [-0.4, -0.2) is 54.8 Å². The molecular weight excluding hydrogens is 318 g/mol. The third kappa shape index (κ3) is 3.76. The number of morpholine rings is 1. The Kier molecular flexibility index (Phi) is 5.04. The fraction of sp³-hybridized carbons (Fsp3) is 0.625. The van der Waals surface area contributed by atoms with E-state index in [2.05, 4.69) is 16.7 Å². The zero-order chi connectivity index (χ0) is 16.4. The molecule has 0 amide bonds. The van der Waals surface area contributed by atoms with E-state index in [0.29, 0.717) is 22.9 Å². The van der Waals surface area contributed by atoms with Gasteiger partial charge in [0.1, 0.15) is 5.69 Å². The zero-order valence-corrected chi connectivity index (χ0v) is 14.0. The third-order valence-corrected chi connectivity index (χ3v) is 4.96. The van der Waals surface area contributed by atoms with Gasteiger partial charge in [-0.05, 0) is 31.9 Å². The molecule has 23 heavy (non-hydrogen) atoms. The second-order valence-corrected chi connectivity index (χ2v) is 6.72. The first kappa shape index (κ1) is 16.5. The highest BCUT2D eigenvalue weighted by Crippen LogP contribution is 2.33. The molecule has 1 aromatic rings. The summed E-state index contributed by atoms with van der Waals surface area (Å²) in [5.41, 5.74) is 0.768. The molecule has 0 radical (unpaired) electrons. The quantitative estimate of drug-likeness (QED) is 0.626. The van der Waals surface area contributed by atoms with E-state index in [-0.39, 0.29) is 10.6 Å². The standard InChI is InChI=1S/C16H22ClN3O3/c1-12-11-19(8-9-23-12)14-4-6-18(7-5-14)15-3-2-13(17)10-16(15)20(21)22/h2-3,10,12,14H,4-9,11H2,1H3. The number of piperidine rings is 1. The smallest absolute Gasteiger partial charge is 0.294 e. The van der Waals surface area contributed by atoms with Crippen molar-refractivity contribution in [1.82, 2.24) is 4.90 Å². The van der Waals surface area contributed by atoms with Crippen molar-refractivity contribution >= 4 is 23.0 Å². The van der Waals surface area contributed by atoms with Crippen molar-refractivity contribution in [2.75, 3.05) is 37.7 Å². The molecule has 0 aromatic heterocycles. The lowest BCUT2D eigenvalue weighted by Gasteiger charge is -2.42. The summed E-state index contributed by atoms with van der Waals surface area (Å²) in [5.74, 6) is 0. The van der Waals surface area contributed by atoms with Crippen molar-refractivity contribution in [3.8, 4) is 0 Å². The van der Waals surface area contributed by atoms with Crippen molar-refractivity contribution in [1.29, 1.82) is 0 Å². The average Bonchev–Trinajstić information content (AvgIpc) is 2.55. The van der Waals surface area contributed by atoms with E-state index in [9.17, 15) is 10.1 Å². The van der Waals surface area contributed by atoms with Crippen LogP contribution in [0.5, 0.6) is 0 Å². The number of ether oxygens (including phenoxy) is 1. The Morgan fingerprint density at radius 1 is 1.30 bits per heavy atom. The van der Waals surface area contributed by atoms with Gasteiger partial charge in [-0.3, -0.25) is 15.0 Å². The monoisotopic (exact) mass is 339 g/mol. The van der Waals surface area contributed by atoms with Gasteiger partial charge in [-0.1, -0.05) is 11.6 Å². The van der Waals surface area contributed by atoms with Gasteiger partial charge in [0.2, 0.25) is 0 Å². The Morgan fingerprint density at radius 2 is 2.04 bits per heavy atom. The lowest BCUT2D eigenvalue weighted by atomic mass is 10.0. The van der Waals surface area contributed by atoms with Crippen LogP contribution < -0.4 is 4.90 Å². The van der Waals surface area contributed by atoms with Crippen molar-refractivity contribution in [2.45, 2.75) is 31.9 Å². The molecule has 2 aliphatic heterocycles. The van der Waals surface area contributed by atoms with Gasteiger partial charge in [0, 0.05) is 43.3 Å². The molecule has 0 spiro atoms. The highest BCUT2D eigenvalue weighted by molar-refractivity contribution is 6.30. The molecule has 6 nitrogen and oxygen atoms in total. The van der Waals surface area contributed by atoms with Crippen LogP contribution >= 0.6 is 11.6 Å². The molecule has 0 saturated carbocycles. The van der Waals surface area contributed by atoms with Gasteiger partial charge in [0.05, 0.1) is 17.6 Å². The van der Waals surface area contributed by atoms with Crippen molar-refractivity contribution in [2.24, 2.45) is 0 Å². The number of halogens is 1. The highest BCUT2D eigenvalue weighted by Gasteiger charge is 2.30. The first-order valence-electron chi connectivity index (χ1n) is 8.09. The molecule has 2 aliphatic rings.